The Bertz CT molecular complexity index is 129. The van der Waals surface area contributed by atoms with Crippen molar-refractivity contribution >= 4 is 5.78 Å². The molecule has 10 heavy (non-hydrogen) atoms. The van der Waals surface area contributed by atoms with Crippen molar-refractivity contribution in [2.24, 2.45) is 0 Å². The molecule has 0 aliphatic carbocycles. The van der Waals surface area contributed by atoms with E-state index < -0.39 is 17.5 Å². The maximum absolute atomic E-state index is 10.7. The van der Waals surface area contributed by atoms with Crippen LogP contribution in [0.5, 0.6) is 0 Å². The smallest absolute Gasteiger partial charge is 0.163 e. The molecule has 0 aromatic carbocycles. The van der Waals surface area contributed by atoms with Crippen molar-refractivity contribution in [2.75, 3.05) is 0 Å². The van der Waals surface area contributed by atoms with Crippen molar-refractivity contribution in [3.05, 3.63) is 0 Å². The van der Waals surface area contributed by atoms with Gasteiger partial charge in [0.05, 0.1) is 6.10 Å². The van der Waals surface area contributed by atoms with Gasteiger partial charge < -0.3 is 10.2 Å². The Labute approximate surface area is 60.7 Å². The van der Waals surface area contributed by atoms with Crippen LogP contribution in [0.3, 0.4) is 0 Å². The van der Waals surface area contributed by atoms with Crippen LogP contribution < -0.4 is 0 Å². The molecular weight excluding hydrogens is 132 g/mol. The van der Waals surface area contributed by atoms with Crippen LogP contribution in [0.1, 0.15) is 27.2 Å². The maximum Gasteiger partial charge on any atom is 0.163 e. The molecule has 0 rings (SSSR count). The molecule has 2 atom stereocenters. The van der Waals surface area contributed by atoms with Gasteiger partial charge in [-0.2, -0.15) is 0 Å². The molecule has 0 amide bonds. The van der Waals surface area contributed by atoms with E-state index in [1.807, 2.05) is 0 Å². The van der Waals surface area contributed by atoms with E-state index in [1.165, 1.54) is 13.8 Å². The van der Waals surface area contributed by atoms with E-state index in [4.69, 9.17) is 5.11 Å². The Balaban J connectivity index is 4.23. The van der Waals surface area contributed by atoms with Gasteiger partial charge in [-0.25, -0.2) is 0 Å². The Morgan fingerprint density at radius 2 is 2.10 bits per heavy atom. The fourth-order valence-corrected chi connectivity index (χ4v) is 0.632. The number of ketones is 1. The topological polar surface area (TPSA) is 57.5 Å². The number of rotatable bonds is 3. The summed E-state index contributed by atoms with van der Waals surface area (Å²) in [5.74, 6) is -0.401. The maximum atomic E-state index is 10.7. The standard InChI is InChI=1S/C7H14O3/c1-4-6(9)7(3,10)5(2)8/h6,9-10H,4H2,1-3H3/t6-,7+/m0/s1. The third-order valence-electron chi connectivity index (χ3n) is 1.75. The van der Waals surface area contributed by atoms with E-state index in [1.54, 1.807) is 6.92 Å². The van der Waals surface area contributed by atoms with Gasteiger partial charge in [0.15, 0.2) is 5.78 Å². The van der Waals surface area contributed by atoms with Crippen LogP contribution in [-0.2, 0) is 4.79 Å². The molecule has 2 N–H and O–H groups in total. The zero-order valence-electron chi connectivity index (χ0n) is 6.59. The van der Waals surface area contributed by atoms with Crippen molar-refractivity contribution in [3.63, 3.8) is 0 Å². The molecule has 0 unspecified atom stereocenters. The molecule has 0 heterocycles. The van der Waals surface area contributed by atoms with Gasteiger partial charge in [0, 0.05) is 0 Å². The minimum absolute atomic E-state index is 0.382. The zero-order valence-corrected chi connectivity index (χ0v) is 6.59. The van der Waals surface area contributed by atoms with Crippen LogP contribution >= 0.6 is 0 Å². The summed E-state index contributed by atoms with van der Waals surface area (Å²) in [6.45, 7) is 4.30. The van der Waals surface area contributed by atoms with E-state index in [0.717, 1.165) is 0 Å². The first-order valence-corrected chi connectivity index (χ1v) is 3.34. The second-order valence-corrected chi connectivity index (χ2v) is 2.63. The van der Waals surface area contributed by atoms with Crippen molar-refractivity contribution in [1.29, 1.82) is 0 Å². The summed E-state index contributed by atoms with van der Waals surface area (Å²) >= 11 is 0. The lowest BCUT2D eigenvalue weighted by Crippen LogP contribution is -2.45. The van der Waals surface area contributed by atoms with E-state index >= 15 is 0 Å². The van der Waals surface area contributed by atoms with Gasteiger partial charge in [0.2, 0.25) is 0 Å². The van der Waals surface area contributed by atoms with Crippen molar-refractivity contribution in [1.82, 2.24) is 0 Å². The highest BCUT2D eigenvalue weighted by atomic mass is 16.3. The highest BCUT2D eigenvalue weighted by Crippen LogP contribution is 2.13. The molecule has 0 aromatic heterocycles. The average molecular weight is 146 g/mol. The number of Topliss-reactive ketones (excluding diaryl/α,β-unsaturated/α-hetero) is 1. The summed E-state index contributed by atoms with van der Waals surface area (Å²) in [5, 5.41) is 18.3. The van der Waals surface area contributed by atoms with Crippen LogP contribution in [0.2, 0.25) is 0 Å². The first kappa shape index (κ1) is 9.59. The van der Waals surface area contributed by atoms with E-state index in [-0.39, 0.29) is 0 Å². The van der Waals surface area contributed by atoms with E-state index in [2.05, 4.69) is 0 Å². The summed E-state index contributed by atoms with van der Waals surface area (Å²) in [5.41, 5.74) is -1.57. The Morgan fingerprint density at radius 1 is 1.70 bits per heavy atom. The number of aliphatic hydroxyl groups excluding tert-OH is 1. The molecule has 60 valence electrons. The largest absolute Gasteiger partial charge is 0.390 e. The zero-order chi connectivity index (χ0) is 8.36. The van der Waals surface area contributed by atoms with Gasteiger partial charge in [0.1, 0.15) is 5.60 Å². The van der Waals surface area contributed by atoms with Crippen LogP contribution in [0.15, 0.2) is 0 Å². The van der Waals surface area contributed by atoms with Crippen LogP contribution in [0.25, 0.3) is 0 Å². The predicted molar refractivity (Wildman–Crippen MR) is 37.6 cm³/mol. The molecule has 0 bridgehead atoms. The Kier molecular flexibility index (Phi) is 2.99. The molecular formula is C7H14O3. The lowest BCUT2D eigenvalue weighted by atomic mass is 9.93. The van der Waals surface area contributed by atoms with E-state index in [9.17, 15) is 9.90 Å². The molecule has 0 aromatic rings. The normalized spacial score (nSPS) is 19.7. The van der Waals surface area contributed by atoms with Gasteiger partial charge in [-0.15, -0.1) is 0 Å². The molecule has 3 heteroatoms. The minimum Gasteiger partial charge on any atom is -0.390 e. The summed E-state index contributed by atoms with van der Waals surface area (Å²) in [6, 6.07) is 0. The van der Waals surface area contributed by atoms with Crippen molar-refractivity contribution in [3.8, 4) is 0 Å². The second-order valence-electron chi connectivity index (χ2n) is 2.63. The fraction of sp³-hybridized carbons (Fsp3) is 0.857. The highest BCUT2D eigenvalue weighted by Gasteiger charge is 2.33. The molecule has 0 radical (unpaired) electrons. The molecule has 0 aliphatic heterocycles. The number of hydrogen-bond donors (Lipinski definition) is 2. The van der Waals surface area contributed by atoms with Crippen LogP contribution in [0, 0.1) is 0 Å². The number of hydrogen-bond acceptors (Lipinski definition) is 3. The first-order chi connectivity index (χ1) is 4.42. The quantitative estimate of drug-likeness (QED) is 0.593. The van der Waals surface area contributed by atoms with Crippen molar-refractivity contribution in [2.45, 2.75) is 38.9 Å². The van der Waals surface area contributed by atoms with Crippen molar-refractivity contribution < 1.29 is 15.0 Å². The minimum atomic E-state index is -1.57. The summed E-state index contributed by atoms with van der Waals surface area (Å²) < 4.78 is 0. The summed E-state index contributed by atoms with van der Waals surface area (Å²) in [4.78, 5) is 10.7. The SMILES string of the molecule is CC[C@H](O)[C@](C)(O)C(C)=O. The van der Waals surface area contributed by atoms with Gasteiger partial charge >= 0.3 is 0 Å². The molecule has 0 saturated carbocycles. The molecule has 0 spiro atoms. The second kappa shape index (κ2) is 3.12. The van der Waals surface area contributed by atoms with E-state index in [0.29, 0.717) is 6.42 Å². The number of carbonyl (C=O) groups excluding carboxylic acids is 1. The summed E-state index contributed by atoms with van der Waals surface area (Å²) in [6.07, 6.45) is -0.572. The molecule has 0 saturated heterocycles. The predicted octanol–water partition coefficient (Wildman–Crippen LogP) is 0.0973. The highest BCUT2D eigenvalue weighted by molar-refractivity contribution is 5.84. The first-order valence-electron chi connectivity index (χ1n) is 3.34. The third kappa shape index (κ3) is 1.78. The number of carbonyl (C=O) groups is 1. The van der Waals surface area contributed by atoms with Gasteiger partial charge in [0.25, 0.3) is 0 Å². The van der Waals surface area contributed by atoms with Crippen LogP contribution in [-0.4, -0.2) is 27.7 Å². The average Bonchev–Trinajstić information content (AvgIpc) is 1.86. The van der Waals surface area contributed by atoms with Gasteiger partial charge in [-0.05, 0) is 20.3 Å². The monoisotopic (exact) mass is 146 g/mol. The summed E-state index contributed by atoms with van der Waals surface area (Å²) in [7, 11) is 0. The Morgan fingerprint density at radius 3 is 2.20 bits per heavy atom. The molecule has 0 fully saturated rings. The van der Waals surface area contributed by atoms with Gasteiger partial charge in [-0.1, -0.05) is 6.92 Å². The Hall–Kier alpha value is -0.410. The fourth-order valence-electron chi connectivity index (χ4n) is 0.632. The van der Waals surface area contributed by atoms with Gasteiger partial charge in [-0.3, -0.25) is 4.79 Å². The third-order valence-corrected chi connectivity index (χ3v) is 1.75. The lowest BCUT2D eigenvalue weighted by molar-refractivity contribution is -0.145. The number of aliphatic hydroxyl groups is 2. The molecule has 3 nitrogen and oxygen atoms in total. The molecule has 0 aliphatic rings. The lowest BCUT2D eigenvalue weighted by Gasteiger charge is -2.24. The van der Waals surface area contributed by atoms with Crippen LogP contribution in [0.4, 0.5) is 0 Å².